The third kappa shape index (κ3) is 4.96. The summed E-state index contributed by atoms with van der Waals surface area (Å²) in [5.74, 6) is 1.88. The third-order valence-corrected chi connectivity index (χ3v) is 7.26. The van der Waals surface area contributed by atoms with Crippen molar-refractivity contribution in [2.24, 2.45) is 0 Å². The molecule has 0 unspecified atom stereocenters. The molecule has 0 aromatic heterocycles. The van der Waals surface area contributed by atoms with Crippen molar-refractivity contribution in [1.82, 2.24) is 5.32 Å². The fourth-order valence-corrected chi connectivity index (χ4v) is 5.33. The summed E-state index contributed by atoms with van der Waals surface area (Å²) in [7, 11) is 0. The first kappa shape index (κ1) is 23.3. The first-order valence-corrected chi connectivity index (χ1v) is 12.9. The molecule has 182 valence electrons. The molecule has 0 spiro atoms. The van der Waals surface area contributed by atoms with Gasteiger partial charge in [0.15, 0.2) is 11.5 Å². The van der Waals surface area contributed by atoms with Crippen LogP contribution in [-0.4, -0.2) is 17.0 Å². The highest BCUT2D eigenvalue weighted by Gasteiger charge is 2.24. The van der Waals surface area contributed by atoms with Gasteiger partial charge in [0.05, 0.1) is 4.91 Å². The molecule has 2 heterocycles. The zero-order chi connectivity index (χ0) is 25.2. The lowest BCUT2D eigenvalue weighted by Gasteiger charge is -2.22. The third-order valence-electron chi connectivity index (χ3n) is 6.09. The Bertz CT molecular complexity index is 1480. The highest BCUT2D eigenvalue weighted by atomic mass is 32.2. The zero-order valence-electron chi connectivity index (χ0n) is 19.5. The van der Waals surface area contributed by atoms with Gasteiger partial charge >= 0.3 is 0 Å². The summed E-state index contributed by atoms with van der Waals surface area (Å²) >= 11 is 6.45. The van der Waals surface area contributed by atoms with Crippen molar-refractivity contribution in [2.75, 3.05) is 6.79 Å². The van der Waals surface area contributed by atoms with Crippen LogP contribution in [0.15, 0.2) is 102 Å². The van der Waals surface area contributed by atoms with Crippen molar-refractivity contribution >= 4 is 40.3 Å². The average Bonchev–Trinajstić information content (AvgIpc) is 3.53. The number of benzene rings is 4. The predicted octanol–water partition coefficient (Wildman–Crippen LogP) is 6.74. The summed E-state index contributed by atoms with van der Waals surface area (Å²) in [6.45, 7) is 0.218. The number of rotatable bonds is 6. The minimum atomic E-state index is -0.331. The number of ether oxygens (including phenoxy) is 3. The van der Waals surface area contributed by atoms with E-state index in [1.165, 1.54) is 11.8 Å². The van der Waals surface area contributed by atoms with Gasteiger partial charge in [0.1, 0.15) is 16.2 Å². The van der Waals surface area contributed by atoms with Crippen LogP contribution in [0.25, 0.3) is 17.2 Å². The van der Waals surface area contributed by atoms with Crippen molar-refractivity contribution in [1.29, 1.82) is 0 Å². The molecule has 5 nitrogen and oxygen atoms in total. The van der Waals surface area contributed by atoms with Gasteiger partial charge in [-0.25, -0.2) is 0 Å². The number of nitrogens with one attached hydrogen (secondary N) is 1. The van der Waals surface area contributed by atoms with Crippen LogP contribution < -0.4 is 19.5 Å². The van der Waals surface area contributed by atoms with E-state index in [4.69, 9.17) is 26.4 Å². The van der Waals surface area contributed by atoms with Gasteiger partial charge in [-0.05, 0) is 52.6 Å². The molecule has 1 fully saturated rings. The maximum atomic E-state index is 12.5. The van der Waals surface area contributed by atoms with Crippen LogP contribution in [0.1, 0.15) is 22.8 Å². The van der Waals surface area contributed by atoms with E-state index < -0.39 is 0 Å². The number of carbonyl (C=O) groups is 1. The smallest absolute Gasteiger partial charge is 0.263 e. The van der Waals surface area contributed by atoms with E-state index in [1.54, 1.807) is 0 Å². The summed E-state index contributed by atoms with van der Waals surface area (Å²) in [6.07, 6.45) is 1.50. The predicted molar refractivity (Wildman–Crippen MR) is 150 cm³/mol. The number of fused-ring (bicyclic) bond motifs is 1. The van der Waals surface area contributed by atoms with Gasteiger partial charge in [-0.15, -0.1) is 0 Å². The average molecular weight is 524 g/mol. The standard InChI is InChI=1S/C30H21NO4S2/c32-29-27(37-30(36)31-29)17-23-15-21(22-12-14-25-26(16-22)34-18-33-25)11-13-24(23)35-28(19-7-3-1-4-8-19)20-9-5-2-6-10-20/h1-17,28H,18H2,(H,31,32,36). The van der Waals surface area contributed by atoms with E-state index in [0.29, 0.717) is 20.7 Å². The van der Waals surface area contributed by atoms with E-state index >= 15 is 0 Å². The molecule has 0 atom stereocenters. The lowest BCUT2D eigenvalue weighted by Crippen LogP contribution is -2.17. The van der Waals surface area contributed by atoms with Crippen LogP contribution in [0.5, 0.6) is 17.2 Å². The number of carbonyl (C=O) groups excluding carboxylic acids is 1. The van der Waals surface area contributed by atoms with E-state index in [1.807, 2.05) is 78.9 Å². The Morgan fingerprint density at radius 3 is 2.16 bits per heavy atom. The Balaban J connectivity index is 1.44. The fourth-order valence-electron chi connectivity index (χ4n) is 4.30. The van der Waals surface area contributed by atoms with Crippen LogP contribution in [-0.2, 0) is 4.79 Å². The molecule has 6 rings (SSSR count). The topological polar surface area (TPSA) is 56.8 Å². The van der Waals surface area contributed by atoms with Crippen molar-refractivity contribution in [3.63, 3.8) is 0 Å². The first-order chi connectivity index (χ1) is 18.1. The summed E-state index contributed by atoms with van der Waals surface area (Å²) in [5, 5.41) is 2.69. The van der Waals surface area contributed by atoms with Crippen LogP contribution in [0.3, 0.4) is 0 Å². The molecule has 4 aromatic carbocycles. The Labute approximate surface area is 224 Å². The fraction of sp³-hybridized carbons (Fsp3) is 0.0667. The maximum Gasteiger partial charge on any atom is 0.263 e. The van der Waals surface area contributed by atoms with Gasteiger partial charge in [-0.3, -0.25) is 4.79 Å². The SMILES string of the molecule is O=C1NC(=S)SC1=Cc1cc(-c2ccc3c(c2)OCO3)ccc1OC(c1ccccc1)c1ccccc1. The Hall–Kier alpha value is -4.07. The largest absolute Gasteiger partial charge is 0.480 e. The molecule has 1 amide bonds. The second-order valence-electron chi connectivity index (χ2n) is 8.49. The number of amides is 1. The van der Waals surface area contributed by atoms with E-state index in [-0.39, 0.29) is 18.8 Å². The van der Waals surface area contributed by atoms with E-state index in [9.17, 15) is 4.79 Å². The van der Waals surface area contributed by atoms with Gasteiger partial charge in [0.25, 0.3) is 5.91 Å². The minimum Gasteiger partial charge on any atom is -0.480 e. The molecule has 37 heavy (non-hydrogen) atoms. The number of thioether (sulfide) groups is 1. The molecule has 4 aromatic rings. The number of hydrogen-bond acceptors (Lipinski definition) is 6. The molecule has 1 N–H and O–H groups in total. The second kappa shape index (κ2) is 10.1. The summed E-state index contributed by atoms with van der Waals surface area (Å²) in [5.41, 5.74) is 4.76. The van der Waals surface area contributed by atoms with Gasteiger partial charge in [-0.2, -0.15) is 0 Å². The molecule has 0 aliphatic carbocycles. The molecule has 2 aliphatic rings. The minimum absolute atomic E-state index is 0.211. The summed E-state index contributed by atoms with van der Waals surface area (Å²) < 4.78 is 18.2. The maximum absolute atomic E-state index is 12.5. The Kier molecular flexibility index (Phi) is 6.39. The monoisotopic (exact) mass is 523 g/mol. The normalized spacial score (nSPS) is 15.3. The Morgan fingerprint density at radius 2 is 1.49 bits per heavy atom. The molecule has 0 saturated carbocycles. The number of thiocarbonyl (C=S) groups is 1. The van der Waals surface area contributed by atoms with Gasteiger partial charge in [0, 0.05) is 5.56 Å². The Morgan fingerprint density at radius 1 is 0.838 bits per heavy atom. The molecule has 0 bridgehead atoms. The van der Waals surface area contributed by atoms with Gasteiger partial charge < -0.3 is 19.5 Å². The zero-order valence-corrected chi connectivity index (χ0v) is 21.2. The molecular weight excluding hydrogens is 502 g/mol. The van der Waals surface area contributed by atoms with E-state index in [2.05, 4.69) is 29.6 Å². The van der Waals surface area contributed by atoms with Crippen LogP contribution in [0, 0.1) is 0 Å². The van der Waals surface area contributed by atoms with Crippen molar-refractivity contribution in [2.45, 2.75) is 6.10 Å². The highest BCUT2D eigenvalue weighted by molar-refractivity contribution is 8.26. The molecule has 0 radical (unpaired) electrons. The molecule has 1 saturated heterocycles. The van der Waals surface area contributed by atoms with Crippen LogP contribution in [0.2, 0.25) is 0 Å². The van der Waals surface area contributed by atoms with Crippen LogP contribution >= 0.6 is 24.0 Å². The summed E-state index contributed by atoms with van der Waals surface area (Å²) in [6, 6.07) is 32.0. The summed E-state index contributed by atoms with van der Waals surface area (Å²) in [4.78, 5) is 13.0. The second-order valence-corrected chi connectivity index (χ2v) is 10.2. The lowest BCUT2D eigenvalue weighted by atomic mass is 9.99. The number of hydrogen-bond donors (Lipinski definition) is 1. The van der Waals surface area contributed by atoms with Gasteiger partial charge in [0.2, 0.25) is 6.79 Å². The molecular formula is C30H21NO4S2. The van der Waals surface area contributed by atoms with Crippen molar-refractivity contribution in [3.8, 4) is 28.4 Å². The molecule has 7 heteroatoms. The van der Waals surface area contributed by atoms with Crippen LogP contribution in [0.4, 0.5) is 0 Å². The highest BCUT2D eigenvalue weighted by Crippen LogP contribution is 2.39. The quantitative estimate of drug-likeness (QED) is 0.223. The van der Waals surface area contributed by atoms with Crippen molar-refractivity contribution in [3.05, 3.63) is 119 Å². The molecule has 2 aliphatic heterocycles. The first-order valence-electron chi connectivity index (χ1n) is 11.7. The lowest BCUT2D eigenvalue weighted by molar-refractivity contribution is -0.115. The van der Waals surface area contributed by atoms with Gasteiger partial charge in [-0.1, -0.05) is 96.8 Å². The van der Waals surface area contributed by atoms with Crippen molar-refractivity contribution < 1.29 is 19.0 Å². The van der Waals surface area contributed by atoms with E-state index in [0.717, 1.165) is 33.6 Å².